The van der Waals surface area contributed by atoms with Crippen LogP contribution in [0.4, 0.5) is 4.79 Å². The number of amides is 3. The van der Waals surface area contributed by atoms with Crippen molar-refractivity contribution in [3.8, 4) is 0 Å². The molecule has 0 aromatic carbocycles. The molecule has 2 fully saturated rings. The van der Waals surface area contributed by atoms with E-state index in [-0.39, 0.29) is 11.9 Å². The number of primary amides is 1. The fourth-order valence-corrected chi connectivity index (χ4v) is 3.54. The fourth-order valence-electron chi connectivity index (χ4n) is 2.40. The molecule has 2 aliphatic rings. The minimum atomic E-state index is -0.984. The van der Waals surface area contributed by atoms with E-state index in [4.69, 9.17) is 10.8 Å². The number of nitrogens with two attached hydrogens (primary N) is 1. The summed E-state index contributed by atoms with van der Waals surface area (Å²) in [6.45, 7) is 0.845. The number of likely N-dealkylation sites (tertiary alicyclic amines) is 1. The number of hydrogen-bond donors (Lipinski definition) is 2. The second-order valence-corrected chi connectivity index (χ2v) is 5.79. The number of carbonyl (C=O) groups is 3. The van der Waals surface area contributed by atoms with Crippen LogP contribution in [0, 0.1) is 5.92 Å². The van der Waals surface area contributed by atoms with Crippen LogP contribution >= 0.6 is 11.8 Å². The molecule has 2 rings (SSSR count). The summed E-state index contributed by atoms with van der Waals surface area (Å²) in [5.41, 5.74) is 5.27. The lowest BCUT2D eigenvalue weighted by Crippen LogP contribution is -2.52. The van der Waals surface area contributed by atoms with Crippen molar-refractivity contribution in [1.82, 2.24) is 9.80 Å². The van der Waals surface area contributed by atoms with Gasteiger partial charge >= 0.3 is 12.0 Å². The number of urea groups is 1. The highest BCUT2D eigenvalue weighted by Crippen LogP contribution is 2.25. The van der Waals surface area contributed by atoms with Gasteiger partial charge in [0.25, 0.3) is 0 Å². The van der Waals surface area contributed by atoms with Gasteiger partial charge in [0.15, 0.2) is 0 Å². The van der Waals surface area contributed by atoms with Crippen molar-refractivity contribution in [3.05, 3.63) is 0 Å². The molecule has 3 amide bonds. The maximum Gasteiger partial charge on any atom is 0.327 e. The zero-order chi connectivity index (χ0) is 14.0. The summed E-state index contributed by atoms with van der Waals surface area (Å²) in [5, 5.41) is 9.07. The molecule has 2 heterocycles. The van der Waals surface area contributed by atoms with Crippen molar-refractivity contribution < 1.29 is 19.5 Å². The lowest BCUT2D eigenvalue weighted by molar-refractivity contribution is -0.141. The molecular weight excluding hydrogens is 270 g/mol. The van der Waals surface area contributed by atoms with E-state index in [0.717, 1.165) is 6.42 Å². The van der Waals surface area contributed by atoms with Gasteiger partial charge in [0.05, 0.1) is 11.8 Å². The van der Waals surface area contributed by atoms with Gasteiger partial charge in [-0.3, -0.25) is 4.79 Å². The third-order valence-corrected chi connectivity index (χ3v) is 4.52. The molecule has 0 spiro atoms. The normalized spacial score (nSPS) is 27.4. The van der Waals surface area contributed by atoms with Gasteiger partial charge in [-0.25, -0.2) is 9.59 Å². The first-order valence-electron chi connectivity index (χ1n) is 6.16. The van der Waals surface area contributed by atoms with Crippen LogP contribution < -0.4 is 5.73 Å². The number of carboxylic acids is 1. The average Bonchev–Trinajstić information content (AvgIpc) is 2.87. The Balaban J connectivity index is 2.02. The van der Waals surface area contributed by atoms with E-state index in [1.54, 1.807) is 4.90 Å². The van der Waals surface area contributed by atoms with Crippen molar-refractivity contribution in [1.29, 1.82) is 0 Å². The second-order valence-electron chi connectivity index (χ2n) is 4.79. The third kappa shape index (κ3) is 2.94. The smallest absolute Gasteiger partial charge is 0.327 e. The van der Waals surface area contributed by atoms with Crippen molar-refractivity contribution in [2.75, 3.05) is 24.7 Å². The maximum atomic E-state index is 12.3. The molecule has 0 bridgehead atoms. The molecule has 8 heteroatoms. The van der Waals surface area contributed by atoms with Gasteiger partial charge in [0, 0.05) is 18.8 Å². The predicted molar refractivity (Wildman–Crippen MR) is 69.5 cm³/mol. The van der Waals surface area contributed by atoms with Crippen LogP contribution in [0.2, 0.25) is 0 Å². The molecule has 2 unspecified atom stereocenters. The molecule has 3 N–H and O–H groups in total. The summed E-state index contributed by atoms with van der Waals surface area (Å²) in [6, 6.07) is -1.07. The monoisotopic (exact) mass is 287 g/mol. The summed E-state index contributed by atoms with van der Waals surface area (Å²) >= 11 is 1.42. The summed E-state index contributed by atoms with van der Waals surface area (Å²) in [5.74, 6) is -0.914. The van der Waals surface area contributed by atoms with Gasteiger partial charge in [-0.2, -0.15) is 0 Å². The Morgan fingerprint density at radius 3 is 2.68 bits per heavy atom. The molecule has 0 aromatic rings. The Hall–Kier alpha value is -1.44. The maximum absolute atomic E-state index is 12.3. The number of carbonyl (C=O) groups excluding carboxylic acids is 2. The molecule has 2 atom stereocenters. The fraction of sp³-hybridized carbons (Fsp3) is 0.727. The van der Waals surface area contributed by atoms with Crippen LogP contribution in [-0.2, 0) is 9.59 Å². The highest BCUT2D eigenvalue weighted by Gasteiger charge is 2.38. The first-order valence-corrected chi connectivity index (χ1v) is 7.31. The Bertz CT molecular complexity index is 403. The molecule has 106 valence electrons. The standard InChI is InChI=1S/C11H17N3O4S/c12-9(15)7-2-1-3-13(4-7)11(18)14-6-19-5-8(14)10(16)17/h7-8H,1-6H2,(H2,12,15)(H,16,17). The number of nitrogens with zero attached hydrogens (tertiary/aromatic N) is 2. The van der Waals surface area contributed by atoms with Crippen LogP contribution in [0.3, 0.4) is 0 Å². The van der Waals surface area contributed by atoms with Crippen LogP contribution in [0.25, 0.3) is 0 Å². The second kappa shape index (κ2) is 5.68. The van der Waals surface area contributed by atoms with Crippen molar-refractivity contribution in [2.24, 2.45) is 11.7 Å². The topological polar surface area (TPSA) is 104 Å². The van der Waals surface area contributed by atoms with E-state index in [1.165, 1.54) is 16.7 Å². The predicted octanol–water partition coefficient (Wildman–Crippen LogP) is -0.237. The Morgan fingerprint density at radius 1 is 1.32 bits per heavy atom. The van der Waals surface area contributed by atoms with Gasteiger partial charge in [-0.15, -0.1) is 11.8 Å². The van der Waals surface area contributed by atoms with E-state index >= 15 is 0 Å². The number of aliphatic carboxylic acids is 1. The number of piperidine rings is 1. The van der Waals surface area contributed by atoms with Crippen LogP contribution in [0.15, 0.2) is 0 Å². The average molecular weight is 287 g/mol. The Morgan fingerprint density at radius 2 is 2.05 bits per heavy atom. The SMILES string of the molecule is NC(=O)C1CCCN(C(=O)N2CSCC2C(=O)O)C1. The largest absolute Gasteiger partial charge is 0.480 e. The number of hydrogen-bond acceptors (Lipinski definition) is 4. The lowest BCUT2D eigenvalue weighted by atomic mass is 9.98. The molecule has 2 aliphatic heterocycles. The number of thioether (sulfide) groups is 1. The van der Waals surface area contributed by atoms with E-state index in [1.807, 2.05) is 0 Å². The van der Waals surface area contributed by atoms with Crippen LogP contribution in [0.5, 0.6) is 0 Å². The zero-order valence-electron chi connectivity index (χ0n) is 10.4. The van der Waals surface area contributed by atoms with E-state index in [9.17, 15) is 14.4 Å². The highest BCUT2D eigenvalue weighted by atomic mass is 32.2. The molecule has 19 heavy (non-hydrogen) atoms. The minimum Gasteiger partial charge on any atom is -0.480 e. The summed E-state index contributed by atoms with van der Waals surface area (Å²) < 4.78 is 0. The number of carboxylic acid groups (broad SMARTS) is 1. The Labute approximate surface area is 115 Å². The van der Waals surface area contributed by atoms with Gasteiger partial charge in [0.1, 0.15) is 6.04 Å². The molecular formula is C11H17N3O4S. The summed E-state index contributed by atoms with van der Waals surface area (Å²) in [7, 11) is 0. The van der Waals surface area contributed by atoms with E-state index in [2.05, 4.69) is 0 Å². The van der Waals surface area contributed by atoms with Crippen molar-refractivity contribution >= 4 is 29.7 Å². The van der Waals surface area contributed by atoms with E-state index < -0.39 is 17.9 Å². The lowest BCUT2D eigenvalue weighted by Gasteiger charge is -2.35. The quantitative estimate of drug-likeness (QED) is 0.729. The van der Waals surface area contributed by atoms with Crippen LogP contribution in [-0.4, -0.2) is 63.6 Å². The Kier molecular flexibility index (Phi) is 4.18. The van der Waals surface area contributed by atoms with Crippen molar-refractivity contribution in [3.63, 3.8) is 0 Å². The molecule has 0 aliphatic carbocycles. The minimum absolute atomic E-state index is 0.293. The third-order valence-electron chi connectivity index (χ3n) is 3.51. The summed E-state index contributed by atoms with van der Waals surface area (Å²) in [6.07, 6.45) is 1.41. The van der Waals surface area contributed by atoms with Gasteiger partial charge in [-0.1, -0.05) is 0 Å². The molecule has 0 aromatic heterocycles. The van der Waals surface area contributed by atoms with Crippen LogP contribution in [0.1, 0.15) is 12.8 Å². The highest BCUT2D eigenvalue weighted by molar-refractivity contribution is 7.99. The summed E-state index contributed by atoms with van der Waals surface area (Å²) in [4.78, 5) is 37.5. The molecule has 2 saturated heterocycles. The van der Waals surface area contributed by atoms with Gasteiger partial charge < -0.3 is 20.6 Å². The van der Waals surface area contributed by atoms with E-state index in [0.29, 0.717) is 31.1 Å². The molecule has 0 radical (unpaired) electrons. The first kappa shape index (κ1) is 14.0. The first-order chi connectivity index (χ1) is 9.00. The molecule has 7 nitrogen and oxygen atoms in total. The van der Waals surface area contributed by atoms with Gasteiger partial charge in [-0.05, 0) is 12.8 Å². The molecule has 0 saturated carbocycles. The van der Waals surface area contributed by atoms with Gasteiger partial charge in [0.2, 0.25) is 5.91 Å². The number of rotatable bonds is 2. The zero-order valence-corrected chi connectivity index (χ0v) is 11.3. The van der Waals surface area contributed by atoms with Crippen molar-refractivity contribution in [2.45, 2.75) is 18.9 Å².